The van der Waals surface area contributed by atoms with Crippen LogP contribution in [0.3, 0.4) is 0 Å². The zero-order chi connectivity index (χ0) is 15.2. The van der Waals surface area contributed by atoms with Crippen LogP contribution in [0, 0.1) is 5.92 Å². The lowest BCUT2D eigenvalue weighted by atomic mass is 10.1. The highest BCUT2D eigenvalue weighted by molar-refractivity contribution is 5.94. The molecule has 0 spiro atoms. The summed E-state index contributed by atoms with van der Waals surface area (Å²) in [6.07, 6.45) is 4.13. The lowest BCUT2D eigenvalue weighted by Crippen LogP contribution is -2.42. The zero-order valence-corrected chi connectivity index (χ0v) is 12.8. The maximum atomic E-state index is 12.1. The third-order valence-electron chi connectivity index (χ3n) is 3.85. The van der Waals surface area contributed by atoms with Crippen molar-refractivity contribution in [2.45, 2.75) is 57.9 Å². The molecule has 1 aromatic rings. The van der Waals surface area contributed by atoms with Crippen LogP contribution in [0.4, 0.5) is 0 Å². The fourth-order valence-corrected chi connectivity index (χ4v) is 2.34. The van der Waals surface area contributed by atoms with E-state index in [-0.39, 0.29) is 23.3 Å². The van der Waals surface area contributed by atoms with Crippen LogP contribution in [0.1, 0.15) is 68.6 Å². The summed E-state index contributed by atoms with van der Waals surface area (Å²) >= 11 is 0. The van der Waals surface area contributed by atoms with Gasteiger partial charge in [0, 0.05) is 17.5 Å². The maximum absolute atomic E-state index is 12.1. The molecule has 21 heavy (non-hydrogen) atoms. The Hall–Kier alpha value is -1.85. The topological polar surface area (TPSA) is 76.0 Å². The van der Waals surface area contributed by atoms with Gasteiger partial charge in [0.2, 0.25) is 5.91 Å². The average Bonchev–Trinajstić information content (AvgIpc) is 3.31. The zero-order valence-electron chi connectivity index (χ0n) is 12.8. The second kappa shape index (κ2) is 4.86. The largest absolute Gasteiger partial charge is 0.290 e. The number of nitrogens with one attached hydrogen (secondary N) is 2. The van der Waals surface area contributed by atoms with Crippen molar-refractivity contribution in [3.05, 3.63) is 17.5 Å². The van der Waals surface area contributed by atoms with Crippen LogP contribution >= 0.6 is 0 Å². The van der Waals surface area contributed by atoms with Gasteiger partial charge in [-0.3, -0.25) is 25.1 Å². The molecule has 0 atom stereocenters. The first-order valence-corrected chi connectivity index (χ1v) is 7.57. The normalized spacial score (nSPS) is 18.4. The van der Waals surface area contributed by atoms with Crippen molar-refractivity contribution in [3.8, 4) is 0 Å². The van der Waals surface area contributed by atoms with Crippen molar-refractivity contribution in [1.29, 1.82) is 0 Å². The standard InChI is InChI=1S/C15H22N4O2/c1-15(2,3)19-12(9-4-5-9)8-11(18-19)14(21)17-16-13(20)10-6-7-10/h8-10H,4-7H2,1-3H3,(H,16,20)(H,17,21). The molecule has 2 aliphatic rings. The summed E-state index contributed by atoms with van der Waals surface area (Å²) in [5.41, 5.74) is 6.24. The monoisotopic (exact) mass is 290 g/mol. The van der Waals surface area contributed by atoms with Crippen LogP contribution in [0.25, 0.3) is 0 Å². The fourth-order valence-electron chi connectivity index (χ4n) is 2.34. The van der Waals surface area contributed by atoms with Gasteiger partial charge in [-0.05, 0) is 52.5 Å². The second-order valence-electron chi connectivity index (χ2n) is 7.03. The summed E-state index contributed by atoms with van der Waals surface area (Å²) in [4.78, 5) is 23.7. The average molecular weight is 290 g/mol. The van der Waals surface area contributed by atoms with Crippen LogP contribution in [0.2, 0.25) is 0 Å². The Morgan fingerprint density at radius 3 is 2.38 bits per heavy atom. The van der Waals surface area contributed by atoms with Crippen molar-refractivity contribution in [2.75, 3.05) is 0 Å². The molecule has 2 saturated carbocycles. The number of hydrogen-bond donors (Lipinski definition) is 2. The highest BCUT2D eigenvalue weighted by Gasteiger charge is 2.33. The Kier molecular flexibility index (Phi) is 3.26. The van der Waals surface area contributed by atoms with E-state index in [1.165, 1.54) is 0 Å². The van der Waals surface area contributed by atoms with E-state index in [2.05, 4.69) is 36.7 Å². The van der Waals surface area contributed by atoms with Gasteiger partial charge in [-0.25, -0.2) is 0 Å². The fraction of sp³-hybridized carbons (Fsp3) is 0.667. The summed E-state index contributed by atoms with van der Waals surface area (Å²) < 4.78 is 1.93. The van der Waals surface area contributed by atoms with Crippen LogP contribution < -0.4 is 10.9 Å². The molecule has 0 radical (unpaired) electrons. The van der Waals surface area contributed by atoms with Crippen molar-refractivity contribution in [1.82, 2.24) is 20.6 Å². The van der Waals surface area contributed by atoms with Crippen molar-refractivity contribution in [3.63, 3.8) is 0 Å². The van der Waals surface area contributed by atoms with Gasteiger partial charge < -0.3 is 0 Å². The smallest absolute Gasteiger partial charge is 0.273 e. The van der Waals surface area contributed by atoms with E-state index in [4.69, 9.17) is 0 Å². The van der Waals surface area contributed by atoms with E-state index < -0.39 is 0 Å². The molecule has 1 aromatic heterocycles. The van der Waals surface area contributed by atoms with Gasteiger partial charge in [-0.1, -0.05) is 0 Å². The molecule has 6 heteroatoms. The molecule has 2 fully saturated rings. The maximum Gasteiger partial charge on any atom is 0.290 e. The number of amides is 2. The highest BCUT2D eigenvalue weighted by Crippen LogP contribution is 2.41. The van der Waals surface area contributed by atoms with E-state index in [1.807, 2.05) is 10.7 Å². The Labute approximate surface area is 124 Å². The van der Waals surface area contributed by atoms with Crippen molar-refractivity contribution >= 4 is 11.8 Å². The molecule has 0 aromatic carbocycles. The first-order chi connectivity index (χ1) is 9.86. The summed E-state index contributed by atoms with van der Waals surface area (Å²) in [7, 11) is 0. The molecule has 3 rings (SSSR count). The lowest BCUT2D eigenvalue weighted by molar-refractivity contribution is -0.123. The molecule has 2 amide bonds. The number of hydrazine groups is 1. The molecule has 6 nitrogen and oxygen atoms in total. The summed E-state index contributed by atoms with van der Waals surface area (Å²) in [6.45, 7) is 6.22. The van der Waals surface area contributed by atoms with Crippen molar-refractivity contribution < 1.29 is 9.59 Å². The number of nitrogens with zero attached hydrogens (tertiary/aromatic N) is 2. The van der Waals surface area contributed by atoms with E-state index in [0.717, 1.165) is 31.4 Å². The lowest BCUT2D eigenvalue weighted by Gasteiger charge is -2.22. The minimum Gasteiger partial charge on any atom is -0.273 e. The second-order valence-corrected chi connectivity index (χ2v) is 7.03. The highest BCUT2D eigenvalue weighted by atomic mass is 16.2. The SMILES string of the molecule is CC(C)(C)n1nc(C(=O)NNC(=O)C2CC2)cc1C1CC1. The van der Waals surface area contributed by atoms with Crippen LogP contribution in [-0.4, -0.2) is 21.6 Å². The summed E-state index contributed by atoms with van der Waals surface area (Å²) in [5.74, 6) is 0.119. The van der Waals surface area contributed by atoms with Gasteiger partial charge in [-0.2, -0.15) is 5.10 Å². The molecule has 0 aliphatic heterocycles. The first-order valence-electron chi connectivity index (χ1n) is 7.57. The van der Waals surface area contributed by atoms with Crippen LogP contribution in [0.15, 0.2) is 6.07 Å². The van der Waals surface area contributed by atoms with Crippen LogP contribution in [0.5, 0.6) is 0 Å². The number of carbonyl (C=O) groups excluding carboxylic acids is 2. The van der Waals surface area contributed by atoms with Gasteiger partial charge in [0.05, 0.1) is 5.54 Å². The molecule has 0 unspecified atom stereocenters. The van der Waals surface area contributed by atoms with E-state index in [0.29, 0.717) is 11.6 Å². The molecule has 1 heterocycles. The molecule has 0 bridgehead atoms. The minimum absolute atomic E-state index is 0.0689. The van der Waals surface area contributed by atoms with Gasteiger partial charge in [0.25, 0.3) is 5.91 Å². The van der Waals surface area contributed by atoms with Crippen LogP contribution in [-0.2, 0) is 10.3 Å². The molecule has 114 valence electrons. The number of carbonyl (C=O) groups is 2. The summed E-state index contributed by atoms with van der Waals surface area (Å²) in [5, 5.41) is 4.43. The van der Waals surface area contributed by atoms with E-state index in [1.54, 1.807) is 0 Å². The molecule has 0 saturated heterocycles. The first kappa shape index (κ1) is 14.1. The van der Waals surface area contributed by atoms with Gasteiger partial charge in [-0.15, -0.1) is 0 Å². The van der Waals surface area contributed by atoms with Gasteiger partial charge in [0.15, 0.2) is 5.69 Å². The van der Waals surface area contributed by atoms with E-state index >= 15 is 0 Å². The number of aromatic nitrogens is 2. The quantitative estimate of drug-likeness (QED) is 0.832. The molecule has 2 N–H and O–H groups in total. The molecular formula is C15H22N4O2. The third kappa shape index (κ3) is 3.09. The van der Waals surface area contributed by atoms with E-state index in [9.17, 15) is 9.59 Å². The Morgan fingerprint density at radius 2 is 1.86 bits per heavy atom. The number of hydrogen-bond acceptors (Lipinski definition) is 3. The van der Waals surface area contributed by atoms with Gasteiger partial charge >= 0.3 is 0 Å². The third-order valence-corrected chi connectivity index (χ3v) is 3.85. The summed E-state index contributed by atoms with van der Waals surface area (Å²) in [6, 6.07) is 1.85. The van der Waals surface area contributed by atoms with Gasteiger partial charge in [0.1, 0.15) is 0 Å². The predicted octanol–water partition coefficient (Wildman–Crippen LogP) is 1.69. The predicted molar refractivity (Wildman–Crippen MR) is 77.5 cm³/mol. The Balaban J connectivity index is 1.72. The minimum atomic E-state index is -0.353. The molecule has 2 aliphatic carbocycles. The Morgan fingerprint density at radius 1 is 1.19 bits per heavy atom. The Bertz CT molecular complexity index is 577. The van der Waals surface area contributed by atoms with Crippen molar-refractivity contribution in [2.24, 2.45) is 5.92 Å². The number of rotatable bonds is 3. The molecular weight excluding hydrogens is 268 g/mol.